The van der Waals surface area contributed by atoms with Crippen LogP contribution in [0.5, 0.6) is 0 Å². The highest BCUT2D eigenvalue weighted by atomic mass is 16.5. The first-order valence-corrected chi connectivity index (χ1v) is 6.32. The van der Waals surface area contributed by atoms with E-state index in [1.54, 1.807) is 0 Å². The van der Waals surface area contributed by atoms with Gasteiger partial charge in [0.15, 0.2) is 0 Å². The maximum Gasteiger partial charge on any atom is 0.108 e. The van der Waals surface area contributed by atoms with Crippen LogP contribution in [0.15, 0.2) is 0 Å². The van der Waals surface area contributed by atoms with E-state index in [4.69, 9.17) is 4.74 Å². The molecule has 0 fully saturated rings. The molecular formula is C13H29BO. The van der Waals surface area contributed by atoms with Crippen molar-refractivity contribution in [3.8, 4) is 0 Å². The lowest BCUT2D eigenvalue weighted by molar-refractivity contribution is -0.0510. The van der Waals surface area contributed by atoms with Gasteiger partial charge in [0.25, 0.3) is 0 Å². The van der Waals surface area contributed by atoms with Crippen molar-refractivity contribution < 1.29 is 4.74 Å². The summed E-state index contributed by atoms with van der Waals surface area (Å²) in [6.45, 7) is 14.4. The Morgan fingerprint density at radius 2 is 1.73 bits per heavy atom. The van der Waals surface area contributed by atoms with Crippen LogP contribution < -0.4 is 0 Å². The largest absolute Gasteiger partial charge is 0.375 e. The number of rotatable bonds is 7. The summed E-state index contributed by atoms with van der Waals surface area (Å²) in [6.07, 6.45) is 3.41. The molecule has 90 valence electrons. The SMILES string of the molecule is BC(C)(C)CCOC(C)(CC)CC(C)C. The molecule has 0 spiro atoms. The summed E-state index contributed by atoms with van der Waals surface area (Å²) in [5.74, 6) is 0.713. The van der Waals surface area contributed by atoms with Crippen molar-refractivity contribution in [3.05, 3.63) is 0 Å². The van der Waals surface area contributed by atoms with Crippen LogP contribution in [0.3, 0.4) is 0 Å². The summed E-state index contributed by atoms with van der Waals surface area (Å²) in [6, 6.07) is 0. The number of hydrogen-bond donors (Lipinski definition) is 0. The Morgan fingerprint density at radius 1 is 1.20 bits per heavy atom. The average Bonchev–Trinajstić information content (AvgIpc) is 2.00. The Balaban J connectivity index is 3.99. The van der Waals surface area contributed by atoms with E-state index < -0.39 is 0 Å². The smallest absolute Gasteiger partial charge is 0.108 e. The van der Waals surface area contributed by atoms with Crippen LogP contribution >= 0.6 is 0 Å². The lowest BCUT2D eigenvalue weighted by atomic mass is 9.70. The molecule has 0 aromatic rings. The first-order chi connectivity index (χ1) is 6.68. The minimum absolute atomic E-state index is 0.0828. The molecule has 0 aliphatic carbocycles. The van der Waals surface area contributed by atoms with Gasteiger partial charge in [-0.25, -0.2) is 0 Å². The highest BCUT2D eigenvalue weighted by molar-refractivity contribution is 6.14. The van der Waals surface area contributed by atoms with E-state index in [1.165, 1.54) is 0 Å². The Hall–Kier alpha value is 0.0249. The highest BCUT2D eigenvalue weighted by Gasteiger charge is 2.24. The van der Waals surface area contributed by atoms with Gasteiger partial charge in [-0.1, -0.05) is 39.9 Å². The van der Waals surface area contributed by atoms with E-state index in [2.05, 4.69) is 49.4 Å². The molecule has 0 amide bonds. The summed E-state index contributed by atoms with van der Waals surface area (Å²) in [5.41, 5.74) is 0.0828. The Morgan fingerprint density at radius 3 is 2.07 bits per heavy atom. The first-order valence-electron chi connectivity index (χ1n) is 6.32. The van der Waals surface area contributed by atoms with E-state index in [9.17, 15) is 0 Å². The Labute approximate surface area is 97.4 Å². The normalized spacial score (nSPS) is 16.7. The van der Waals surface area contributed by atoms with Gasteiger partial charge < -0.3 is 4.74 Å². The monoisotopic (exact) mass is 212 g/mol. The molecular weight excluding hydrogens is 183 g/mol. The van der Waals surface area contributed by atoms with E-state index in [0.29, 0.717) is 11.2 Å². The van der Waals surface area contributed by atoms with Gasteiger partial charge in [0.2, 0.25) is 0 Å². The van der Waals surface area contributed by atoms with Gasteiger partial charge in [-0.2, -0.15) is 0 Å². The van der Waals surface area contributed by atoms with Crippen LogP contribution in [0.4, 0.5) is 0 Å². The molecule has 0 aliphatic heterocycles. The zero-order chi connectivity index (χ0) is 12.1. The molecule has 15 heavy (non-hydrogen) atoms. The molecule has 0 aromatic heterocycles. The molecule has 0 radical (unpaired) electrons. The van der Waals surface area contributed by atoms with Gasteiger partial charge in [-0.15, -0.1) is 0 Å². The van der Waals surface area contributed by atoms with Crippen LogP contribution in [-0.4, -0.2) is 20.1 Å². The van der Waals surface area contributed by atoms with Gasteiger partial charge >= 0.3 is 0 Å². The van der Waals surface area contributed by atoms with Crippen molar-refractivity contribution in [1.82, 2.24) is 0 Å². The third-order valence-electron chi connectivity index (χ3n) is 2.89. The van der Waals surface area contributed by atoms with E-state index in [-0.39, 0.29) is 5.60 Å². The number of hydrogen-bond acceptors (Lipinski definition) is 1. The molecule has 1 unspecified atom stereocenters. The van der Waals surface area contributed by atoms with Crippen LogP contribution in [0.1, 0.15) is 60.8 Å². The standard InChI is InChI=1S/C13H29BO/c1-7-13(6,10-11(2)3)15-9-8-12(4,5)14/h11H,7-10,14H2,1-6H3. The van der Waals surface area contributed by atoms with Gasteiger partial charge in [-0.3, -0.25) is 0 Å². The van der Waals surface area contributed by atoms with Crippen molar-refractivity contribution in [2.75, 3.05) is 6.61 Å². The minimum Gasteiger partial charge on any atom is -0.375 e. The lowest BCUT2D eigenvalue weighted by Crippen LogP contribution is -2.30. The summed E-state index contributed by atoms with van der Waals surface area (Å²) in [5, 5.41) is 0.381. The average molecular weight is 212 g/mol. The lowest BCUT2D eigenvalue weighted by Gasteiger charge is -2.32. The summed E-state index contributed by atoms with van der Waals surface area (Å²) in [4.78, 5) is 0. The van der Waals surface area contributed by atoms with E-state index in [0.717, 1.165) is 25.9 Å². The summed E-state index contributed by atoms with van der Waals surface area (Å²) < 4.78 is 6.07. The summed E-state index contributed by atoms with van der Waals surface area (Å²) >= 11 is 0. The molecule has 0 N–H and O–H groups in total. The molecule has 1 atom stereocenters. The molecule has 1 nitrogen and oxygen atoms in total. The quantitative estimate of drug-likeness (QED) is 0.587. The van der Waals surface area contributed by atoms with Crippen molar-refractivity contribution in [2.45, 2.75) is 71.7 Å². The van der Waals surface area contributed by atoms with Crippen LogP contribution in [0.25, 0.3) is 0 Å². The van der Waals surface area contributed by atoms with E-state index >= 15 is 0 Å². The second kappa shape index (κ2) is 5.93. The molecule has 0 aliphatic rings. The predicted molar refractivity (Wildman–Crippen MR) is 71.3 cm³/mol. The second-order valence-corrected chi connectivity index (χ2v) is 6.56. The Kier molecular flexibility index (Phi) is 5.94. The third-order valence-corrected chi connectivity index (χ3v) is 2.89. The first kappa shape index (κ1) is 15.0. The fourth-order valence-corrected chi connectivity index (χ4v) is 1.77. The van der Waals surface area contributed by atoms with Gasteiger partial charge in [0, 0.05) is 6.61 Å². The Bertz CT molecular complexity index is 172. The fraction of sp³-hybridized carbons (Fsp3) is 1.00. The van der Waals surface area contributed by atoms with Crippen LogP contribution in [0, 0.1) is 5.92 Å². The van der Waals surface area contributed by atoms with Gasteiger partial charge in [0.05, 0.1) is 5.60 Å². The zero-order valence-electron chi connectivity index (χ0n) is 11.8. The molecule has 0 rings (SSSR count). The molecule has 0 bridgehead atoms. The summed E-state index contributed by atoms with van der Waals surface area (Å²) in [7, 11) is 2.27. The number of ether oxygens (including phenoxy) is 1. The molecule has 0 heterocycles. The third kappa shape index (κ3) is 7.90. The van der Waals surface area contributed by atoms with E-state index in [1.807, 2.05) is 0 Å². The maximum absolute atomic E-state index is 6.07. The second-order valence-electron chi connectivity index (χ2n) is 6.56. The molecule has 0 saturated carbocycles. The highest BCUT2D eigenvalue weighted by Crippen LogP contribution is 2.28. The van der Waals surface area contributed by atoms with Crippen molar-refractivity contribution in [3.63, 3.8) is 0 Å². The molecule has 2 heteroatoms. The molecule has 0 aromatic carbocycles. The van der Waals surface area contributed by atoms with Crippen molar-refractivity contribution in [1.29, 1.82) is 0 Å². The van der Waals surface area contributed by atoms with Crippen molar-refractivity contribution >= 4 is 7.85 Å². The fourth-order valence-electron chi connectivity index (χ4n) is 1.77. The van der Waals surface area contributed by atoms with Crippen LogP contribution in [0.2, 0.25) is 5.31 Å². The van der Waals surface area contributed by atoms with Crippen molar-refractivity contribution in [2.24, 2.45) is 5.92 Å². The zero-order valence-corrected chi connectivity index (χ0v) is 11.8. The topological polar surface area (TPSA) is 9.23 Å². The minimum atomic E-state index is 0.0828. The van der Waals surface area contributed by atoms with Gasteiger partial charge in [0.1, 0.15) is 7.85 Å². The van der Waals surface area contributed by atoms with Gasteiger partial charge in [-0.05, 0) is 32.1 Å². The van der Waals surface area contributed by atoms with Crippen LogP contribution in [-0.2, 0) is 4.74 Å². The molecule has 0 saturated heterocycles. The predicted octanol–water partition coefficient (Wildman–Crippen LogP) is 3.44. The maximum atomic E-state index is 6.07.